The van der Waals surface area contributed by atoms with Gasteiger partial charge in [0.15, 0.2) is 0 Å². The molecule has 7 heavy (non-hydrogen) atoms. The molecule has 0 saturated heterocycles. The van der Waals surface area contributed by atoms with Gasteiger partial charge < -0.3 is 0 Å². The molecule has 0 rings (SSSR count). The van der Waals surface area contributed by atoms with Crippen molar-refractivity contribution in [3.63, 3.8) is 0 Å². The maximum atomic E-state index is 2.31. The third-order valence-electron chi connectivity index (χ3n) is 0.358. The van der Waals surface area contributed by atoms with Crippen molar-refractivity contribution in [2.75, 3.05) is 28.2 Å². The molecule has 0 aliphatic rings. The minimum atomic E-state index is -0.377. The molecular weight excluding hydrogens is 257 g/mol. The van der Waals surface area contributed by atoms with E-state index in [-0.39, 0.29) is 20.3 Å². The van der Waals surface area contributed by atoms with E-state index in [1.165, 1.54) is 0 Å². The first-order valence-electron chi connectivity index (χ1n) is 2.19. The Morgan fingerprint density at radius 2 is 1.14 bits per heavy atom. The molecule has 0 amide bonds. The first-order valence-corrected chi connectivity index (χ1v) is 5.06. The molecule has 0 unspecified atom stereocenters. The van der Waals surface area contributed by atoms with Gasteiger partial charge in [-0.15, -0.1) is 0 Å². The number of rotatable bonds is 2. The fourth-order valence-electron chi connectivity index (χ4n) is 0.358. The van der Waals surface area contributed by atoms with E-state index in [0.717, 1.165) is 0 Å². The number of nitrogens with zero attached hydrogens (tertiary/aromatic N) is 2. The van der Waals surface area contributed by atoms with Crippen LogP contribution in [-0.4, -0.2) is 34.8 Å². The Morgan fingerprint density at radius 1 is 0.857 bits per heavy atom. The van der Waals surface area contributed by atoms with Gasteiger partial charge in [-0.05, 0) is 0 Å². The summed E-state index contributed by atoms with van der Waals surface area (Å²) in [7, 11) is 8.54. The van der Waals surface area contributed by atoms with E-state index in [2.05, 4.69) is 34.8 Å². The molecule has 0 heterocycles. The van der Waals surface area contributed by atoms with Crippen molar-refractivity contribution in [1.82, 2.24) is 6.61 Å². The summed E-state index contributed by atoms with van der Waals surface area (Å²) in [6.07, 6.45) is 0. The van der Waals surface area contributed by atoms with E-state index in [9.17, 15) is 0 Å². The average Bonchev–Trinajstić information content (AvgIpc) is 1.27. The van der Waals surface area contributed by atoms with Crippen molar-refractivity contribution < 1.29 is 20.3 Å². The molecule has 0 aliphatic heterocycles. The van der Waals surface area contributed by atoms with E-state index >= 15 is 0 Å². The summed E-state index contributed by atoms with van der Waals surface area (Å²) < 4.78 is 4.61. The first kappa shape index (κ1) is 7.66. The normalized spacial score (nSPS) is 10.6. The molecule has 0 fully saturated rings. The van der Waals surface area contributed by atoms with Gasteiger partial charge in [0.2, 0.25) is 0 Å². The van der Waals surface area contributed by atoms with E-state index in [1.807, 2.05) is 0 Å². The third kappa shape index (κ3) is 6.66. The fourth-order valence-corrected chi connectivity index (χ4v) is 2.93. The van der Waals surface area contributed by atoms with Gasteiger partial charge in [0, 0.05) is 0 Å². The summed E-state index contributed by atoms with van der Waals surface area (Å²) in [6.45, 7) is 0. The number of hydrogen-bond acceptors (Lipinski definition) is 2. The van der Waals surface area contributed by atoms with Crippen LogP contribution in [0.15, 0.2) is 0 Å². The minimum absolute atomic E-state index is 0.377. The second-order valence-corrected chi connectivity index (χ2v) is 8.17. The summed E-state index contributed by atoms with van der Waals surface area (Å²) in [5, 5.41) is 0. The molecule has 0 aromatic rings. The molecule has 0 spiro atoms. The average molecular weight is 269 g/mol. The van der Waals surface area contributed by atoms with E-state index in [1.54, 1.807) is 0 Å². The van der Waals surface area contributed by atoms with Crippen LogP contribution < -0.4 is 0 Å². The zero-order valence-corrected chi connectivity index (χ0v) is 8.56. The Balaban J connectivity index is 2.95. The van der Waals surface area contributed by atoms with Crippen molar-refractivity contribution in [3.05, 3.63) is 0 Å². The summed E-state index contributed by atoms with van der Waals surface area (Å²) in [5.74, 6) is 0. The molecule has 43 valence electrons. The van der Waals surface area contributed by atoms with Crippen molar-refractivity contribution in [1.29, 1.82) is 0 Å². The Kier molecular flexibility index (Phi) is 3.98. The zero-order chi connectivity index (χ0) is 5.86. The molecule has 0 aliphatic carbocycles. The first-order chi connectivity index (χ1) is 3.13. The molecular formula is C4H12N2Ta. The van der Waals surface area contributed by atoms with Crippen LogP contribution in [-0.2, 0) is 20.3 Å². The molecule has 0 atom stereocenters. The fraction of sp³-hybridized carbons (Fsp3) is 1.00. The Hall–Kier alpha value is 0.660. The molecule has 2 nitrogen and oxygen atoms in total. The van der Waals surface area contributed by atoms with Gasteiger partial charge in [-0.1, -0.05) is 0 Å². The SMILES string of the molecule is C[N](C)[Ta][N](C)C. The van der Waals surface area contributed by atoms with Crippen LogP contribution >= 0.6 is 0 Å². The standard InChI is InChI=1S/2C2H6N.Ta/c2*1-3-2;/h2*1-2H3;/q2*-1;+2. The Morgan fingerprint density at radius 3 is 1.14 bits per heavy atom. The zero-order valence-electron chi connectivity index (χ0n) is 5.34. The molecule has 3 heteroatoms. The summed E-state index contributed by atoms with van der Waals surface area (Å²) in [6, 6.07) is 0. The van der Waals surface area contributed by atoms with Crippen molar-refractivity contribution in [3.8, 4) is 0 Å². The monoisotopic (exact) mass is 269 g/mol. The van der Waals surface area contributed by atoms with Gasteiger partial charge in [-0.2, -0.15) is 0 Å². The van der Waals surface area contributed by atoms with Crippen LogP contribution in [0.1, 0.15) is 0 Å². The second kappa shape index (κ2) is 3.64. The Labute approximate surface area is 55.4 Å². The van der Waals surface area contributed by atoms with Gasteiger partial charge in [0.1, 0.15) is 0 Å². The molecule has 0 aromatic carbocycles. The van der Waals surface area contributed by atoms with Gasteiger partial charge in [0.05, 0.1) is 0 Å². The predicted octanol–water partition coefficient (Wildman–Crippen LogP) is 0.0221. The van der Waals surface area contributed by atoms with Crippen LogP contribution in [0.3, 0.4) is 0 Å². The summed E-state index contributed by atoms with van der Waals surface area (Å²) in [5.41, 5.74) is 0. The Bertz CT molecular complexity index is 39.0. The maximum absolute atomic E-state index is 2.31. The van der Waals surface area contributed by atoms with Gasteiger partial charge in [-0.3, -0.25) is 0 Å². The van der Waals surface area contributed by atoms with Crippen molar-refractivity contribution in [2.24, 2.45) is 0 Å². The summed E-state index contributed by atoms with van der Waals surface area (Å²) in [4.78, 5) is 0. The number of hydrogen-bond donors (Lipinski definition) is 0. The van der Waals surface area contributed by atoms with Crippen LogP contribution in [0.4, 0.5) is 0 Å². The third-order valence-corrected chi connectivity index (χ3v) is 2.93. The van der Waals surface area contributed by atoms with E-state index in [4.69, 9.17) is 0 Å². The van der Waals surface area contributed by atoms with Gasteiger partial charge in [0.25, 0.3) is 0 Å². The quantitative estimate of drug-likeness (QED) is 0.697. The summed E-state index contributed by atoms with van der Waals surface area (Å²) >= 11 is -0.377. The van der Waals surface area contributed by atoms with E-state index in [0.29, 0.717) is 0 Å². The molecule has 0 saturated carbocycles. The van der Waals surface area contributed by atoms with Crippen LogP contribution in [0.25, 0.3) is 0 Å². The van der Waals surface area contributed by atoms with Crippen LogP contribution in [0.5, 0.6) is 0 Å². The molecule has 0 aromatic heterocycles. The van der Waals surface area contributed by atoms with Gasteiger partial charge >= 0.3 is 55.1 Å². The molecule has 0 radical (unpaired) electrons. The predicted molar refractivity (Wildman–Crippen MR) is 27.4 cm³/mol. The second-order valence-electron chi connectivity index (χ2n) is 1.78. The van der Waals surface area contributed by atoms with Crippen LogP contribution in [0, 0.1) is 0 Å². The van der Waals surface area contributed by atoms with Crippen molar-refractivity contribution in [2.45, 2.75) is 0 Å². The van der Waals surface area contributed by atoms with Crippen molar-refractivity contribution >= 4 is 0 Å². The molecule has 0 N–H and O–H groups in total. The molecule has 0 bridgehead atoms. The van der Waals surface area contributed by atoms with E-state index < -0.39 is 0 Å². The topological polar surface area (TPSA) is 6.48 Å². The van der Waals surface area contributed by atoms with Gasteiger partial charge in [-0.25, -0.2) is 0 Å². The van der Waals surface area contributed by atoms with Crippen LogP contribution in [0.2, 0.25) is 0 Å².